The third kappa shape index (κ3) is 2.18. The van der Waals surface area contributed by atoms with E-state index in [4.69, 9.17) is 17.1 Å². The standard InChI is InChI=1S/C10H10ClN7OS/c11-8-7-9(14-3-13-8)18(4-15-7)10-6(16-17-12)1-5(2-19)20-10/h3-6,10,19H,1-2H2/t5-,6+,10+/m0/s1. The summed E-state index contributed by atoms with van der Waals surface area (Å²) in [6.07, 6.45) is 3.60. The van der Waals surface area contributed by atoms with Gasteiger partial charge >= 0.3 is 0 Å². The number of halogens is 1. The number of hydrogen-bond donors (Lipinski definition) is 1. The van der Waals surface area contributed by atoms with Crippen molar-refractivity contribution in [2.75, 3.05) is 6.61 Å². The lowest BCUT2D eigenvalue weighted by Gasteiger charge is -2.16. The number of rotatable bonds is 3. The summed E-state index contributed by atoms with van der Waals surface area (Å²) in [6, 6.07) is -0.256. The van der Waals surface area contributed by atoms with Crippen molar-refractivity contribution in [1.82, 2.24) is 19.5 Å². The largest absolute Gasteiger partial charge is 0.395 e. The Morgan fingerprint density at radius 1 is 1.55 bits per heavy atom. The minimum Gasteiger partial charge on any atom is -0.395 e. The third-order valence-corrected chi connectivity index (χ3v) is 4.98. The number of imidazole rings is 1. The highest BCUT2D eigenvalue weighted by molar-refractivity contribution is 8.00. The van der Waals surface area contributed by atoms with E-state index in [1.165, 1.54) is 6.33 Å². The van der Waals surface area contributed by atoms with E-state index < -0.39 is 0 Å². The second-order valence-corrected chi connectivity index (χ2v) is 6.11. The second kappa shape index (κ2) is 5.45. The highest BCUT2D eigenvalue weighted by Crippen LogP contribution is 2.44. The van der Waals surface area contributed by atoms with Crippen LogP contribution in [0.3, 0.4) is 0 Å². The zero-order valence-electron chi connectivity index (χ0n) is 10.2. The molecule has 1 aliphatic heterocycles. The maximum absolute atomic E-state index is 9.30. The number of hydrogen-bond acceptors (Lipinski definition) is 6. The SMILES string of the molecule is [N-]=[N+]=N[C@@H]1C[C@@H](CO)S[C@H]1n1cnc2c(Cl)ncnc21. The predicted octanol–water partition coefficient (Wildman–Crippen LogP) is 2.15. The summed E-state index contributed by atoms with van der Waals surface area (Å²) < 4.78 is 1.82. The van der Waals surface area contributed by atoms with E-state index in [0.717, 1.165) is 0 Å². The van der Waals surface area contributed by atoms with Crippen molar-refractivity contribution in [2.24, 2.45) is 5.11 Å². The molecular formula is C10H10ClN7OS. The Hall–Kier alpha value is -1.54. The highest BCUT2D eigenvalue weighted by atomic mass is 35.5. The lowest BCUT2D eigenvalue weighted by molar-refractivity contribution is 0.289. The first kappa shape index (κ1) is 13.4. The second-order valence-electron chi connectivity index (χ2n) is 4.33. The summed E-state index contributed by atoms with van der Waals surface area (Å²) >= 11 is 7.52. The molecule has 0 saturated carbocycles. The van der Waals surface area contributed by atoms with Gasteiger partial charge in [-0.1, -0.05) is 16.7 Å². The summed E-state index contributed by atoms with van der Waals surface area (Å²) in [7, 11) is 0. The maximum atomic E-state index is 9.30. The Balaban J connectivity index is 2.05. The van der Waals surface area contributed by atoms with Crippen LogP contribution in [0.1, 0.15) is 11.8 Å². The average molecular weight is 312 g/mol. The molecule has 1 fully saturated rings. The Labute approximate surface area is 122 Å². The fourth-order valence-electron chi connectivity index (χ4n) is 2.28. The van der Waals surface area contributed by atoms with E-state index in [1.54, 1.807) is 18.1 Å². The number of aliphatic hydroxyl groups excluding tert-OH is 1. The lowest BCUT2D eigenvalue weighted by atomic mass is 10.2. The molecule has 0 aromatic carbocycles. The van der Waals surface area contributed by atoms with Gasteiger partial charge < -0.3 is 9.67 Å². The van der Waals surface area contributed by atoms with E-state index in [1.807, 2.05) is 4.57 Å². The molecule has 0 amide bonds. The molecule has 1 saturated heterocycles. The van der Waals surface area contributed by atoms with Gasteiger partial charge in [0, 0.05) is 10.2 Å². The Kier molecular flexibility index (Phi) is 3.66. The van der Waals surface area contributed by atoms with Crippen LogP contribution < -0.4 is 0 Å². The molecule has 1 aliphatic rings. The predicted molar refractivity (Wildman–Crippen MR) is 75.4 cm³/mol. The van der Waals surface area contributed by atoms with Crippen molar-refractivity contribution in [2.45, 2.75) is 23.1 Å². The van der Waals surface area contributed by atoms with Crippen LogP contribution in [0, 0.1) is 0 Å². The molecule has 1 N–H and O–H groups in total. The van der Waals surface area contributed by atoms with E-state index in [0.29, 0.717) is 17.6 Å². The molecule has 0 aliphatic carbocycles. The molecule has 104 valence electrons. The Morgan fingerprint density at radius 3 is 3.15 bits per heavy atom. The van der Waals surface area contributed by atoms with Crippen LogP contribution in [-0.4, -0.2) is 42.5 Å². The summed E-state index contributed by atoms with van der Waals surface area (Å²) in [4.78, 5) is 15.2. The van der Waals surface area contributed by atoms with E-state index >= 15 is 0 Å². The third-order valence-electron chi connectivity index (χ3n) is 3.16. The van der Waals surface area contributed by atoms with Crippen LogP contribution in [-0.2, 0) is 0 Å². The van der Waals surface area contributed by atoms with Gasteiger partial charge in [0.25, 0.3) is 0 Å². The first-order valence-corrected chi connectivity index (χ1v) is 7.20. The molecule has 2 aromatic rings. The van der Waals surface area contributed by atoms with Crippen LogP contribution in [0.25, 0.3) is 21.6 Å². The normalized spacial score (nSPS) is 25.8. The minimum absolute atomic E-state index is 0.0326. The molecule has 8 nitrogen and oxygen atoms in total. The number of aromatic nitrogens is 4. The molecule has 0 spiro atoms. The van der Waals surface area contributed by atoms with Gasteiger partial charge in [-0.05, 0) is 12.0 Å². The molecule has 0 unspecified atom stereocenters. The van der Waals surface area contributed by atoms with Crippen LogP contribution in [0.15, 0.2) is 17.8 Å². The smallest absolute Gasteiger partial charge is 0.165 e. The van der Waals surface area contributed by atoms with Crippen LogP contribution >= 0.6 is 23.4 Å². The molecule has 10 heteroatoms. The van der Waals surface area contributed by atoms with Gasteiger partial charge in [-0.2, -0.15) is 0 Å². The first-order chi connectivity index (χ1) is 9.74. The lowest BCUT2D eigenvalue weighted by Crippen LogP contribution is -2.14. The number of fused-ring (bicyclic) bond motifs is 1. The fraction of sp³-hybridized carbons (Fsp3) is 0.500. The Morgan fingerprint density at radius 2 is 2.40 bits per heavy atom. The van der Waals surface area contributed by atoms with Crippen molar-refractivity contribution in [1.29, 1.82) is 0 Å². The minimum atomic E-state index is -0.256. The molecular weight excluding hydrogens is 302 g/mol. The van der Waals surface area contributed by atoms with Gasteiger partial charge in [0.15, 0.2) is 10.8 Å². The van der Waals surface area contributed by atoms with Gasteiger partial charge in [0.05, 0.1) is 24.3 Å². The zero-order chi connectivity index (χ0) is 14.1. The molecule has 20 heavy (non-hydrogen) atoms. The maximum Gasteiger partial charge on any atom is 0.165 e. The quantitative estimate of drug-likeness (QED) is 0.404. The molecule has 0 radical (unpaired) electrons. The molecule has 2 aromatic heterocycles. The van der Waals surface area contributed by atoms with Gasteiger partial charge in [-0.15, -0.1) is 11.8 Å². The summed E-state index contributed by atoms with van der Waals surface area (Å²) in [5, 5.41) is 13.3. The monoisotopic (exact) mass is 311 g/mol. The summed E-state index contributed by atoms with van der Waals surface area (Å²) in [5.41, 5.74) is 9.79. The summed E-state index contributed by atoms with van der Waals surface area (Å²) in [6.45, 7) is 0.0426. The zero-order valence-corrected chi connectivity index (χ0v) is 11.7. The van der Waals surface area contributed by atoms with Gasteiger partial charge in [0.1, 0.15) is 11.8 Å². The topological polar surface area (TPSA) is 113 Å². The van der Waals surface area contributed by atoms with Crippen molar-refractivity contribution in [3.8, 4) is 0 Å². The highest BCUT2D eigenvalue weighted by Gasteiger charge is 2.36. The van der Waals surface area contributed by atoms with E-state index in [9.17, 15) is 5.11 Å². The van der Waals surface area contributed by atoms with E-state index in [2.05, 4.69) is 25.0 Å². The van der Waals surface area contributed by atoms with Crippen molar-refractivity contribution < 1.29 is 5.11 Å². The molecule has 3 heterocycles. The van der Waals surface area contributed by atoms with Crippen molar-refractivity contribution in [3.63, 3.8) is 0 Å². The van der Waals surface area contributed by atoms with E-state index in [-0.39, 0.29) is 28.4 Å². The fourth-order valence-corrected chi connectivity index (χ4v) is 3.88. The number of azide groups is 1. The van der Waals surface area contributed by atoms with Gasteiger partial charge in [-0.3, -0.25) is 0 Å². The average Bonchev–Trinajstić information content (AvgIpc) is 3.03. The number of thioether (sulfide) groups is 1. The molecule has 3 rings (SSSR count). The van der Waals surface area contributed by atoms with Gasteiger partial charge in [0.2, 0.25) is 0 Å². The van der Waals surface area contributed by atoms with Gasteiger partial charge in [-0.25, -0.2) is 15.0 Å². The van der Waals surface area contributed by atoms with Crippen molar-refractivity contribution in [3.05, 3.63) is 28.3 Å². The van der Waals surface area contributed by atoms with Crippen molar-refractivity contribution >= 4 is 34.5 Å². The molecule has 3 atom stereocenters. The van der Waals surface area contributed by atoms with Crippen LogP contribution in [0.4, 0.5) is 0 Å². The van der Waals surface area contributed by atoms with Crippen LogP contribution in [0.5, 0.6) is 0 Å². The number of aliphatic hydroxyl groups is 1. The van der Waals surface area contributed by atoms with Crippen LogP contribution in [0.2, 0.25) is 5.15 Å². The summed E-state index contributed by atoms with van der Waals surface area (Å²) in [5.74, 6) is 0. The molecule has 0 bridgehead atoms. The Bertz CT molecular complexity index is 685. The number of nitrogens with zero attached hydrogens (tertiary/aromatic N) is 7. The first-order valence-electron chi connectivity index (χ1n) is 5.88.